The number of guanidine groups is 1. The minimum Gasteiger partial charge on any atom is -0.444 e. The number of rotatable bonds is 7. The van der Waals surface area contributed by atoms with E-state index in [9.17, 15) is 4.79 Å². The van der Waals surface area contributed by atoms with E-state index < -0.39 is 5.60 Å². The predicted molar refractivity (Wildman–Crippen MR) is 110 cm³/mol. The van der Waals surface area contributed by atoms with Crippen LogP contribution < -0.4 is 5.32 Å². The van der Waals surface area contributed by atoms with Gasteiger partial charge in [-0.3, -0.25) is 4.99 Å². The van der Waals surface area contributed by atoms with Gasteiger partial charge in [0.2, 0.25) is 0 Å². The van der Waals surface area contributed by atoms with Crippen LogP contribution in [0.5, 0.6) is 0 Å². The molecule has 24 heavy (non-hydrogen) atoms. The molecule has 1 aliphatic carbocycles. The van der Waals surface area contributed by atoms with Gasteiger partial charge >= 0.3 is 6.09 Å². The second-order valence-electron chi connectivity index (χ2n) is 7.15. The number of hydrogen-bond acceptors (Lipinski definition) is 3. The molecule has 0 aromatic carbocycles. The van der Waals surface area contributed by atoms with Crippen LogP contribution in [0.1, 0.15) is 53.4 Å². The van der Waals surface area contributed by atoms with E-state index in [0.29, 0.717) is 19.1 Å². The summed E-state index contributed by atoms with van der Waals surface area (Å²) in [5.74, 6) is 0.874. The largest absolute Gasteiger partial charge is 0.444 e. The fraction of sp³-hybridized carbons (Fsp3) is 0.882. The van der Waals surface area contributed by atoms with E-state index in [1.165, 1.54) is 0 Å². The third-order valence-electron chi connectivity index (χ3n) is 3.67. The van der Waals surface area contributed by atoms with Gasteiger partial charge in [-0.15, -0.1) is 24.0 Å². The Morgan fingerprint density at radius 1 is 1.29 bits per heavy atom. The first-order valence-corrected chi connectivity index (χ1v) is 8.70. The number of carbonyl (C=O) groups excluding carboxylic acids is 1. The zero-order valence-electron chi connectivity index (χ0n) is 16.1. The summed E-state index contributed by atoms with van der Waals surface area (Å²) in [6.07, 6.45) is 4.24. The zero-order chi connectivity index (χ0) is 17.5. The van der Waals surface area contributed by atoms with Gasteiger partial charge in [0, 0.05) is 39.8 Å². The number of nitrogens with one attached hydrogen (secondary N) is 1. The summed E-state index contributed by atoms with van der Waals surface area (Å²) in [6, 6.07) is 0.339. The van der Waals surface area contributed by atoms with Gasteiger partial charge in [-0.2, -0.15) is 0 Å². The molecule has 1 fully saturated rings. The van der Waals surface area contributed by atoms with Crippen molar-refractivity contribution < 1.29 is 9.53 Å². The molecule has 0 spiro atoms. The Labute approximate surface area is 164 Å². The number of carbonyl (C=O) groups is 1. The smallest absolute Gasteiger partial charge is 0.410 e. The highest BCUT2D eigenvalue weighted by atomic mass is 127. The highest BCUT2D eigenvalue weighted by Gasteiger charge is 2.34. The molecule has 1 amide bonds. The zero-order valence-corrected chi connectivity index (χ0v) is 18.4. The van der Waals surface area contributed by atoms with Gasteiger partial charge in [0.05, 0.1) is 0 Å². The molecule has 1 saturated carbocycles. The van der Waals surface area contributed by atoms with E-state index in [0.717, 1.165) is 38.2 Å². The SMILES string of the molecule is CCCCN(C)C(=NC)NCCN(C(=O)OC(C)(C)C)C1CC1.I. The molecule has 0 aliphatic heterocycles. The standard InChI is InChI=1S/C17H34N4O2.HI/c1-7-8-12-20(6)15(18-5)19-11-13-21(14-9-10-14)16(22)23-17(2,3)4;/h14H,7-13H2,1-6H3,(H,18,19);1H. The lowest BCUT2D eigenvalue weighted by Gasteiger charge is -2.28. The molecule has 1 N–H and O–H groups in total. The number of nitrogens with zero attached hydrogens (tertiary/aromatic N) is 3. The topological polar surface area (TPSA) is 57.2 Å². The van der Waals surface area contributed by atoms with Crippen LogP contribution in [0.25, 0.3) is 0 Å². The molecule has 0 unspecified atom stereocenters. The van der Waals surface area contributed by atoms with E-state index >= 15 is 0 Å². The van der Waals surface area contributed by atoms with Crippen molar-refractivity contribution in [3.8, 4) is 0 Å². The van der Waals surface area contributed by atoms with Crippen molar-refractivity contribution in [3.05, 3.63) is 0 Å². The van der Waals surface area contributed by atoms with Gasteiger partial charge in [-0.25, -0.2) is 4.79 Å². The molecule has 0 bridgehead atoms. The first-order chi connectivity index (χ1) is 10.8. The number of hydrogen-bond donors (Lipinski definition) is 1. The van der Waals surface area contributed by atoms with Gasteiger partial charge in [0.25, 0.3) is 0 Å². The number of halogens is 1. The van der Waals surface area contributed by atoms with Gasteiger partial charge in [0.15, 0.2) is 5.96 Å². The second kappa shape index (κ2) is 11.0. The molecular formula is C17H35IN4O2. The van der Waals surface area contributed by atoms with E-state index in [2.05, 4.69) is 22.1 Å². The summed E-state index contributed by atoms with van der Waals surface area (Å²) in [5.41, 5.74) is -0.450. The molecular weight excluding hydrogens is 419 g/mol. The first kappa shape index (κ1) is 23.3. The molecule has 0 aromatic rings. The normalized spacial score (nSPS) is 14.7. The highest BCUT2D eigenvalue weighted by molar-refractivity contribution is 14.0. The summed E-state index contributed by atoms with van der Waals surface area (Å²) in [5, 5.41) is 3.34. The predicted octanol–water partition coefficient (Wildman–Crippen LogP) is 3.31. The Morgan fingerprint density at radius 2 is 1.92 bits per heavy atom. The maximum Gasteiger partial charge on any atom is 0.410 e. The van der Waals surface area contributed by atoms with Gasteiger partial charge < -0.3 is 19.9 Å². The summed E-state index contributed by atoms with van der Waals surface area (Å²) in [6.45, 7) is 10.2. The highest BCUT2D eigenvalue weighted by Crippen LogP contribution is 2.27. The third kappa shape index (κ3) is 8.94. The average Bonchev–Trinajstić information content (AvgIpc) is 3.27. The Bertz CT molecular complexity index is 406. The quantitative estimate of drug-likeness (QED) is 0.365. The molecule has 7 heteroatoms. The van der Waals surface area contributed by atoms with Crippen LogP contribution >= 0.6 is 24.0 Å². The number of aliphatic imine (C=N–C) groups is 1. The molecule has 0 atom stereocenters. The van der Waals surface area contributed by atoms with Crippen molar-refractivity contribution in [1.82, 2.24) is 15.1 Å². The summed E-state index contributed by atoms with van der Waals surface area (Å²) < 4.78 is 5.50. The third-order valence-corrected chi connectivity index (χ3v) is 3.67. The van der Waals surface area contributed by atoms with Crippen LogP contribution in [0.3, 0.4) is 0 Å². The summed E-state index contributed by atoms with van der Waals surface area (Å²) >= 11 is 0. The van der Waals surface area contributed by atoms with Crippen molar-refractivity contribution in [2.24, 2.45) is 4.99 Å². The molecule has 0 aromatic heterocycles. The van der Waals surface area contributed by atoms with Crippen molar-refractivity contribution >= 4 is 36.0 Å². The Morgan fingerprint density at radius 3 is 2.38 bits per heavy atom. The Kier molecular flexibility index (Phi) is 10.7. The number of ether oxygens (including phenoxy) is 1. The summed E-state index contributed by atoms with van der Waals surface area (Å²) in [4.78, 5) is 20.6. The van der Waals surface area contributed by atoms with Gasteiger partial charge in [-0.05, 0) is 40.0 Å². The van der Waals surface area contributed by atoms with Crippen LogP contribution in [0, 0.1) is 0 Å². The fourth-order valence-corrected chi connectivity index (χ4v) is 2.30. The maximum atomic E-state index is 12.3. The lowest BCUT2D eigenvalue weighted by atomic mass is 10.2. The molecule has 1 rings (SSSR count). The van der Waals surface area contributed by atoms with Crippen LogP contribution in [-0.4, -0.2) is 67.2 Å². The first-order valence-electron chi connectivity index (χ1n) is 8.70. The van der Waals surface area contributed by atoms with Gasteiger partial charge in [0.1, 0.15) is 5.60 Å². The molecule has 142 valence electrons. The molecule has 6 nitrogen and oxygen atoms in total. The Balaban J connectivity index is 0.00000529. The van der Waals surface area contributed by atoms with Gasteiger partial charge in [-0.1, -0.05) is 13.3 Å². The molecule has 0 heterocycles. The van der Waals surface area contributed by atoms with Crippen molar-refractivity contribution in [3.63, 3.8) is 0 Å². The number of amides is 1. The Hall–Kier alpha value is -0.730. The molecule has 0 saturated heterocycles. The van der Waals surface area contributed by atoms with Crippen molar-refractivity contribution in [2.45, 2.75) is 65.0 Å². The van der Waals surface area contributed by atoms with Crippen LogP contribution in [0.15, 0.2) is 4.99 Å². The van der Waals surface area contributed by atoms with Crippen LogP contribution in [0.2, 0.25) is 0 Å². The molecule has 0 radical (unpaired) electrons. The maximum absolute atomic E-state index is 12.3. The van der Waals surface area contributed by atoms with Crippen LogP contribution in [-0.2, 0) is 4.74 Å². The van der Waals surface area contributed by atoms with Crippen LogP contribution in [0.4, 0.5) is 4.79 Å². The lowest BCUT2D eigenvalue weighted by Crippen LogP contribution is -2.45. The lowest BCUT2D eigenvalue weighted by molar-refractivity contribution is 0.0237. The van der Waals surface area contributed by atoms with E-state index in [4.69, 9.17) is 4.74 Å². The monoisotopic (exact) mass is 454 g/mol. The summed E-state index contributed by atoms with van der Waals surface area (Å²) in [7, 11) is 3.83. The van der Waals surface area contributed by atoms with Crippen molar-refractivity contribution in [1.29, 1.82) is 0 Å². The fourth-order valence-electron chi connectivity index (χ4n) is 2.30. The average molecular weight is 454 g/mol. The molecule has 1 aliphatic rings. The second-order valence-corrected chi connectivity index (χ2v) is 7.15. The van der Waals surface area contributed by atoms with Crippen molar-refractivity contribution in [2.75, 3.05) is 33.7 Å². The van der Waals surface area contributed by atoms with E-state index in [1.807, 2.05) is 32.7 Å². The number of unbranched alkanes of at least 4 members (excludes halogenated alkanes) is 1. The minimum absolute atomic E-state index is 0. The minimum atomic E-state index is -0.450. The van der Waals surface area contributed by atoms with E-state index in [1.54, 1.807) is 7.05 Å². The van der Waals surface area contributed by atoms with E-state index in [-0.39, 0.29) is 30.1 Å².